The molecule has 0 bridgehead atoms. The van der Waals surface area contributed by atoms with Gasteiger partial charge in [0.15, 0.2) is 10.4 Å². The zero-order chi connectivity index (χ0) is 21.3. The smallest absolute Gasteiger partial charge is 0.322 e. The summed E-state index contributed by atoms with van der Waals surface area (Å²) in [7, 11) is -3.59. The van der Waals surface area contributed by atoms with E-state index >= 15 is 0 Å². The minimum Gasteiger partial charge on any atom is -0.444 e. The van der Waals surface area contributed by atoms with E-state index in [9.17, 15) is 13.2 Å². The third-order valence-corrected chi connectivity index (χ3v) is 7.35. The molecular formula is C19H19BrN4O5S. The van der Waals surface area contributed by atoms with Crippen LogP contribution in [0, 0.1) is 0 Å². The molecule has 3 heterocycles. The Morgan fingerprint density at radius 3 is 2.57 bits per heavy atom. The van der Waals surface area contributed by atoms with Crippen LogP contribution in [0.5, 0.6) is 0 Å². The summed E-state index contributed by atoms with van der Waals surface area (Å²) < 4.78 is 38.5. The highest BCUT2D eigenvalue weighted by atomic mass is 79.9. The summed E-state index contributed by atoms with van der Waals surface area (Å²) >= 11 is 3.18. The number of halogens is 1. The van der Waals surface area contributed by atoms with E-state index in [-0.39, 0.29) is 28.4 Å². The van der Waals surface area contributed by atoms with Gasteiger partial charge in [-0.1, -0.05) is 11.5 Å². The fraction of sp³-hybridized carbons (Fsp3) is 0.316. The fourth-order valence-electron chi connectivity index (χ4n) is 3.31. The summed E-state index contributed by atoms with van der Waals surface area (Å²) in [6.45, 7) is 2.43. The Bertz CT molecular complexity index is 1160. The number of benzene rings is 1. The highest BCUT2D eigenvalue weighted by molar-refractivity contribution is 9.10. The predicted octanol–water partition coefficient (Wildman–Crippen LogP) is 3.91. The average molecular weight is 495 g/mol. The van der Waals surface area contributed by atoms with Gasteiger partial charge in [-0.15, -0.1) is 5.10 Å². The molecule has 0 saturated carbocycles. The molecule has 1 aromatic carbocycles. The third-order valence-electron chi connectivity index (χ3n) is 4.89. The summed E-state index contributed by atoms with van der Waals surface area (Å²) in [5.41, 5.74) is 0.265. The number of hydrogen-bond donors (Lipinski definition) is 1. The number of anilines is 1. The van der Waals surface area contributed by atoms with Gasteiger partial charge >= 0.3 is 6.01 Å². The first-order valence-corrected chi connectivity index (χ1v) is 11.6. The summed E-state index contributed by atoms with van der Waals surface area (Å²) in [5.74, 6) is -0.0226. The molecule has 2 aromatic heterocycles. The van der Waals surface area contributed by atoms with Gasteiger partial charge in [0.2, 0.25) is 10.0 Å². The molecule has 0 spiro atoms. The lowest BCUT2D eigenvalue weighted by Crippen LogP contribution is -2.41. The Labute approximate surface area is 181 Å². The van der Waals surface area contributed by atoms with Crippen LogP contribution >= 0.6 is 15.9 Å². The SMILES string of the molecule is CC1CCCCN1S(=O)(=O)c1ccc(C(=O)Nc2nnc(-c3ccc(Br)o3)o2)cc1. The molecule has 1 amide bonds. The van der Waals surface area contributed by atoms with E-state index in [0.29, 0.717) is 17.0 Å². The third kappa shape index (κ3) is 4.18. The van der Waals surface area contributed by atoms with Crippen molar-refractivity contribution < 1.29 is 22.0 Å². The molecule has 1 atom stereocenters. The number of furan rings is 1. The Kier molecular flexibility index (Phi) is 5.76. The van der Waals surface area contributed by atoms with Gasteiger partial charge < -0.3 is 8.83 Å². The standard InChI is InChI=1S/C19H19BrN4O5S/c1-12-4-2-3-11-24(12)30(26,27)14-7-5-13(6-8-14)17(25)21-19-23-22-18(29-19)15-9-10-16(20)28-15/h5-10,12H,2-4,11H2,1H3,(H,21,23,25). The Morgan fingerprint density at radius 1 is 1.13 bits per heavy atom. The van der Waals surface area contributed by atoms with E-state index < -0.39 is 15.9 Å². The van der Waals surface area contributed by atoms with Gasteiger partial charge in [0.25, 0.3) is 11.8 Å². The predicted molar refractivity (Wildman–Crippen MR) is 111 cm³/mol. The monoisotopic (exact) mass is 494 g/mol. The van der Waals surface area contributed by atoms with E-state index in [1.807, 2.05) is 6.92 Å². The first-order valence-electron chi connectivity index (χ1n) is 9.37. The van der Waals surface area contributed by atoms with Crippen molar-refractivity contribution in [1.29, 1.82) is 0 Å². The van der Waals surface area contributed by atoms with Crippen LogP contribution in [0.4, 0.5) is 6.01 Å². The summed E-state index contributed by atoms with van der Waals surface area (Å²) in [6.07, 6.45) is 2.73. The minimum absolute atomic E-state index is 0.0340. The second kappa shape index (κ2) is 8.32. The molecule has 30 heavy (non-hydrogen) atoms. The molecule has 1 unspecified atom stereocenters. The van der Waals surface area contributed by atoms with Gasteiger partial charge in [-0.05, 0) is 72.1 Å². The zero-order valence-corrected chi connectivity index (χ0v) is 18.4. The number of nitrogens with one attached hydrogen (secondary N) is 1. The van der Waals surface area contributed by atoms with Crippen LogP contribution in [0.1, 0.15) is 36.5 Å². The first-order chi connectivity index (χ1) is 14.3. The number of piperidine rings is 1. The molecule has 0 radical (unpaired) electrons. The van der Waals surface area contributed by atoms with Crippen molar-refractivity contribution in [3.05, 3.63) is 46.6 Å². The first kappa shape index (κ1) is 20.8. The van der Waals surface area contributed by atoms with E-state index in [2.05, 4.69) is 31.4 Å². The van der Waals surface area contributed by atoms with E-state index in [1.54, 1.807) is 12.1 Å². The lowest BCUT2D eigenvalue weighted by atomic mass is 10.1. The summed E-state index contributed by atoms with van der Waals surface area (Å²) in [5, 5.41) is 10.1. The van der Waals surface area contributed by atoms with Crippen LogP contribution in [0.25, 0.3) is 11.7 Å². The van der Waals surface area contributed by atoms with Crippen molar-refractivity contribution in [3.8, 4) is 11.7 Å². The van der Waals surface area contributed by atoms with Crippen molar-refractivity contribution in [2.45, 2.75) is 37.1 Å². The van der Waals surface area contributed by atoms with E-state index in [1.165, 1.54) is 28.6 Å². The van der Waals surface area contributed by atoms with Crippen molar-refractivity contribution >= 4 is 37.9 Å². The van der Waals surface area contributed by atoms with Crippen LogP contribution in [0.15, 0.2) is 54.8 Å². The van der Waals surface area contributed by atoms with Crippen molar-refractivity contribution in [1.82, 2.24) is 14.5 Å². The summed E-state index contributed by atoms with van der Waals surface area (Å²) in [6, 6.07) is 8.98. The van der Waals surface area contributed by atoms with E-state index in [4.69, 9.17) is 8.83 Å². The van der Waals surface area contributed by atoms with Gasteiger partial charge in [0, 0.05) is 18.2 Å². The second-order valence-electron chi connectivity index (χ2n) is 6.96. The quantitative estimate of drug-likeness (QED) is 0.570. The highest BCUT2D eigenvalue weighted by Gasteiger charge is 2.31. The van der Waals surface area contributed by atoms with Crippen LogP contribution in [-0.4, -0.2) is 41.4 Å². The molecule has 1 N–H and O–H groups in total. The lowest BCUT2D eigenvalue weighted by molar-refractivity contribution is 0.102. The van der Waals surface area contributed by atoms with Crippen LogP contribution in [0.2, 0.25) is 0 Å². The molecular weight excluding hydrogens is 476 g/mol. The van der Waals surface area contributed by atoms with Crippen LogP contribution < -0.4 is 5.32 Å². The van der Waals surface area contributed by atoms with E-state index in [0.717, 1.165) is 19.3 Å². The molecule has 1 saturated heterocycles. The zero-order valence-electron chi connectivity index (χ0n) is 16.0. The number of carbonyl (C=O) groups excluding carboxylic acids is 1. The number of carbonyl (C=O) groups is 1. The number of amides is 1. The maximum atomic E-state index is 12.9. The van der Waals surface area contributed by atoms with Gasteiger partial charge in [0.05, 0.1) is 4.90 Å². The maximum Gasteiger partial charge on any atom is 0.322 e. The highest BCUT2D eigenvalue weighted by Crippen LogP contribution is 2.26. The average Bonchev–Trinajstić information content (AvgIpc) is 3.37. The van der Waals surface area contributed by atoms with Gasteiger partial charge in [-0.2, -0.15) is 4.31 Å². The molecule has 158 valence electrons. The number of rotatable bonds is 5. The molecule has 3 aromatic rings. The van der Waals surface area contributed by atoms with Gasteiger partial charge in [-0.3, -0.25) is 10.1 Å². The lowest BCUT2D eigenvalue weighted by Gasteiger charge is -2.32. The maximum absolute atomic E-state index is 12.9. The number of hydrogen-bond acceptors (Lipinski definition) is 7. The summed E-state index contributed by atoms with van der Waals surface area (Å²) in [4.78, 5) is 12.6. The molecule has 1 aliphatic rings. The van der Waals surface area contributed by atoms with Crippen molar-refractivity contribution in [3.63, 3.8) is 0 Å². The minimum atomic E-state index is -3.59. The van der Waals surface area contributed by atoms with Gasteiger partial charge in [-0.25, -0.2) is 8.42 Å². The molecule has 9 nitrogen and oxygen atoms in total. The molecule has 4 rings (SSSR count). The number of sulfonamides is 1. The normalized spacial score (nSPS) is 17.7. The largest absolute Gasteiger partial charge is 0.444 e. The Balaban J connectivity index is 1.46. The Morgan fingerprint density at radius 2 is 1.90 bits per heavy atom. The Hall–Kier alpha value is -2.50. The fourth-order valence-corrected chi connectivity index (χ4v) is 5.32. The van der Waals surface area contributed by atoms with Crippen LogP contribution in [-0.2, 0) is 10.0 Å². The molecule has 0 aliphatic carbocycles. The van der Waals surface area contributed by atoms with Gasteiger partial charge in [0.1, 0.15) is 0 Å². The van der Waals surface area contributed by atoms with Crippen LogP contribution in [0.3, 0.4) is 0 Å². The molecule has 1 fully saturated rings. The number of aromatic nitrogens is 2. The topological polar surface area (TPSA) is 119 Å². The second-order valence-corrected chi connectivity index (χ2v) is 9.63. The molecule has 1 aliphatic heterocycles. The molecule has 11 heteroatoms. The van der Waals surface area contributed by atoms with Crippen molar-refractivity contribution in [2.75, 3.05) is 11.9 Å². The van der Waals surface area contributed by atoms with Crippen molar-refractivity contribution in [2.24, 2.45) is 0 Å². The number of nitrogens with zero attached hydrogens (tertiary/aromatic N) is 3.